The zero-order chi connectivity index (χ0) is 15.8. The summed E-state index contributed by atoms with van der Waals surface area (Å²) in [6.07, 6.45) is -11.6. The summed E-state index contributed by atoms with van der Waals surface area (Å²) in [5, 5.41) is 9.42. The van der Waals surface area contributed by atoms with Crippen LogP contribution in [0.2, 0.25) is 0 Å². The van der Waals surface area contributed by atoms with Crippen molar-refractivity contribution in [2.75, 3.05) is 0 Å². The average molecular weight is 299 g/mol. The molecule has 0 aliphatic carbocycles. The smallest absolute Gasteiger partial charge is 0.369 e. The first kappa shape index (κ1) is 16.8. The highest BCUT2D eigenvalue weighted by atomic mass is 19.4. The molecule has 0 aliphatic rings. The van der Waals surface area contributed by atoms with Gasteiger partial charge in [0, 0.05) is 5.56 Å². The van der Waals surface area contributed by atoms with Crippen LogP contribution in [0.15, 0.2) is 12.1 Å². The standard InChI is InChI=1S/C13H13F6O/c1-3-8-6-5-7-10(9(8)4-2)11(20,12(14,15)16)13(17,18)19/h5,7,20H,3-4H2,1-2H3. The molecular formula is C13H13F6O. The van der Waals surface area contributed by atoms with Gasteiger partial charge in [-0.1, -0.05) is 26.0 Å². The second kappa shape index (κ2) is 5.27. The summed E-state index contributed by atoms with van der Waals surface area (Å²) < 4.78 is 77.1. The lowest BCUT2D eigenvalue weighted by Gasteiger charge is -2.34. The van der Waals surface area contributed by atoms with Gasteiger partial charge >= 0.3 is 12.4 Å². The van der Waals surface area contributed by atoms with Crippen molar-refractivity contribution in [2.45, 2.75) is 44.6 Å². The minimum atomic E-state index is -5.86. The number of hydrogen-bond acceptors (Lipinski definition) is 1. The lowest BCUT2D eigenvalue weighted by atomic mass is 9.84. The molecule has 7 heteroatoms. The summed E-state index contributed by atoms with van der Waals surface area (Å²) in [6.45, 7) is 3.02. The third-order valence-electron chi connectivity index (χ3n) is 3.11. The van der Waals surface area contributed by atoms with E-state index in [1.165, 1.54) is 6.92 Å². The van der Waals surface area contributed by atoms with Gasteiger partial charge in [-0.25, -0.2) is 0 Å². The maximum Gasteiger partial charge on any atom is 0.430 e. The van der Waals surface area contributed by atoms with Crippen molar-refractivity contribution in [3.63, 3.8) is 0 Å². The molecule has 1 N–H and O–H groups in total. The van der Waals surface area contributed by atoms with Gasteiger partial charge in [0.2, 0.25) is 0 Å². The summed E-state index contributed by atoms with van der Waals surface area (Å²) in [5.74, 6) is 0. The van der Waals surface area contributed by atoms with Gasteiger partial charge in [-0.15, -0.1) is 0 Å². The normalized spacial score (nSPS) is 13.7. The SMILES string of the molecule is CCc1[c]ccc(C(O)(C(F)(F)F)C(F)(F)F)c1CC. The van der Waals surface area contributed by atoms with Gasteiger partial charge in [-0.05, 0) is 30.0 Å². The van der Waals surface area contributed by atoms with Gasteiger partial charge in [0.25, 0.3) is 5.60 Å². The molecule has 0 aliphatic heterocycles. The first-order chi connectivity index (χ1) is 9.00. The lowest BCUT2D eigenvalue weighted by molar-refractivity contribution is -0.376. The highest BCUT2D eigenvalue weighted by Gasteiger charge is 2.71. The van der Waals surface area contributed by atoms with E-state index in [1.54, 1.807) is 6.92 Å². The van der Waals surface area contributed by atoms with E-state index in [-0.39, 0.29) is 24.0 Å². The molecule has 0 amide bonds. The Morgan fingerprint density at radius 1 is 1.00 bits per heavy atom. The molecule has 0 saturated carbocycles. The molecule has 0 unspecified atom stereocenters. The van der Waals surface area contributed by atoms with Crippen molar-refractivity contribution < 1.29 is 31.4 Å². The Kier molecular flexibility index (Phi) is 4.43. The van der Waals surface area contributed by atoms with E-state index in [0.29, 0.717) is 6.07 Å². The molecule has 0 saturated heterocycles. The Bertz CT molecular complexity index is 461. The van der Waals surface area contributed by atoms with E-state index in [2.05, 4.69) is 6.07 Å². The topological polar surface area (TPSA) is 20.2 Å². The van der Waals surface area contributed by atoms with Gasteiger partial charge in [0.1, 0.15) is 0 Å². The maximum atomic E-state index is 12.9. The van der Waals surface area contributed by atoms with E-state index in [9.17, 15) is 31.4 Å². The van der Waals surface area contributed by atoms with Crippen molar-refractivity contribution in [3.05, 3.63) is 34.9 Å². The second-order valence-electron chi connectivity index (χ2n) is 4.26. The van der Waals surface area contributed by atoms with Crippen LogP contribution < -0.4 is 0 Å². The van der Waals surface area contributed by atoms with Gasteiger partial charge in [0.05, 0.1) is 0 Å². The third-order valence-corrected chi connectivity index (χ3v) is 3.11. The Balaban J connectivity index is 3.68. The quantitative estimate of drug-likeness (QED) is 0.839. The van der Waals surface area contributed by atoms with E-state index < -0.39 is 23.5 Å². The van der Waals surface area contributed by atoms with Gasteiger partial charge in [0.15, 0.2) is 0 Å². The summed E-state index contributed by atoms with van der Waals surface area (Å²) in [5.41, 5.74) is -5.98. The summed E-state index contributed by atoms with van der Waals surface area (Å²) in [6, 6.07) is 4.20. The van der Waals surface area contributed by atoms with Crippen LogP contribution >= 0.6 is 0 Å². The first-order valence-corrected chi connectivity index (χ1v) is 5.89. The van der Waals surface area contributed by atoms with Crippen molar-refractivity contribution in [3.8, 4) is 0 Å². The van der Waals surface area contributed by atoms with Crippen LogP contribution in [-0.2, 0) is 18.4 Å². The Morgan fingerprint density at radius 3 is 1.85 bits per heavy atom. The number of alkyl halides is 6. The van der Waals surface area contributed by atoms with Crippen LogP contribution in [-0.4, -0.2) is 17.5 Å². The number of halogens is 6. The second-order valence-corrected chi connectivity index (χ2v) is 4.26. The lowest BCUT2D eigenvalue weighted by Crippen LogP contribution is -2.54. The number of rotatable bonds is 3. The first-order valence-electron chi connectivity index (χ1n) is 5.89. The van der Waals surface area contributed by atoms with E-state index in [1.807, 2.05) is 0 Å². The van der Waals surface area contributed by atoms with Crippen molar-refractivity contribution in [1.82, 2.24) is 0 Å². The van der Waals surface area contributed by atoms with Gasteiger partial charge in [-0.2, -0.15) is 26.3 Å². The van der Waals surface area contributed by atoms with Crippen LogP contribution in [0.5, 0.6) is 0 Å². The molecule has 1 aromatic carbocycles. The van der Waals surface area contributed by atoms with Crippen LogP contribution in [0.25, 0.3) is 0 Å². The Morgan fingerprint density at radius 2 is 1.50 bits per heavy atom. The molecule has 0 heterocycles. The van der Waals surface area contributed by atoms with E-state index in [4.69, 9.17) is 0 Å². The zero-order valence-corrected chi connectivity index (χ0v) is 10.8. The molecule has 1 nitrogen and oxygen atoms in total. The van der Waals surface area contributed by atoms with Crippen molar-refractivity contribution in [1.29, 1.82) is 0 Å². The molecule has 20 heavy (non-hydrogen) atoms. The van der Waals surface area contributed by atoms with Crippen LogP contribution in [0, 0.1) is 6.07 Å². The summed E-state index contributed by atoms with van der Waals surface area (Å²) >= 11 is 0. The minimum Gasteiger partial charge on any atom is -0.369 e. The van der Waals surface area contributed by atoms with Crippen molar-refractivity contribution >= 4 is 0 Å². The molecule has 113 valence electrons. The predicted octanol–water partition coefficient (Wildman–Crippen LogP) is 3.92. The van der Waals surface area contributed by atoms with E-state index in [0.717, 1.165) is 6.07 Å². The van der Waals surface area contributed by atoms with Crippen LogP contribution in [0.3, 0.4) is 0 Å². The van der Waals surface area contributed by atoms with Crippen LogP contribution in [0.4, 0.5) is 26.3 Å². The molecule has 0 atom stereocenters. The van der Waals surface area contributed by atoms with Crippen molar-refractivity contribution in [2.24, 2.45) is 0 Å². The number of aliphatic hydroxyl groups is 1. The number of hydrogen-bond donors (Lipinski definition) is 1. The summed E-state index contributed by atoms with van der Waals surface area (Å²) in [7, 11) is 0. The highest BCUT2D eigenvalue weighted by Crippen LogP contribution is 2.51. The molecule has 0 spiro atoms. The molecule has 1 aromatic rings. The average Bonchev–Trinajstić information content (AvgIpc) is 2.33. The number of benzene rings is 1. The maximum absolute atomic E-state index is 12.9. The molecule has 1 radical (unpaired) electrons. The van der Waals surface area contributed by atoms with Crippen LogP contribution in [0.1, 0.15) is 30.5 Å². The third kappa shape index (κ3) is 2.51. The molecular weight excluding hydrogens is 286 g/mol. The molecule has 0 bridgehead atoms. The van der Waals surface area contributed by atoms with Gasteiger partial charge in [-0.3, -0.25) is 0 Å². The van der Waals surface area contributed by atoms with Gasteiger partial charge < -0.3 is 5.11 Å². The summed E-state index contributed by atoms with van der Waals surface area (Å²) in [4.78, 5) is 0. The fraction of sp³-hybridized carbons (Fsp3) is 0.538. The highest BCUT2D eigenvalue weighted by molar-refractivity contribution is 5.40. The largest absolute Gasteiger partial charge is 0.430 e. The monoisotopic (exact) mass is 299 g/mol. The zero-order valence-electron chi connectivity index (χ0n) is 10.8. The fourth-order valence-electron chi connectivity index (χ4n) is 2.10. The molecule has 1 rings (SSSR count). The molecule has 0 fully saturated rings. The number of aryl methyl sites for hydroxylation is 1. The minimum absolute atomic E-state index is 0.0652. The predicted molar refractivity (Wildman–Crippen MR) is 60.0 cm³/mol. The van der Waals surface area contributed by atoms with E-state index >= 15 is 0 Å². The Labute approximate surface area is 112 Å². The fourth-order valence-corrected chi connectivity index (χ4v) is 2.10. The Hall–Kier alpha value is -1.24. The molecule has 0 aromatic heterocycles.